The van der Waals surface area contributed by atoms with E-state index in [4.69, 9.17) is 18.1 Å². The maximum atomic E-state index is 12.9. The van der Waals surface area contributed by atoms with Crippen molar-refractivity contribution in [1.29, 1.82) is 0 Å². The average Bonchev–Trinajstić information content (AvgIpc) is 2.49. The van der Waals surface area contributed by atoms with Gasteiger partial charge in [-0.2, -0.15) is 5.10 Å². The van der Waals surface area contributed by atoms with Gasteiger partial charge in [-0.05, 0) is 42.9 Å². The lowest BCUT2D eigenvalue weighted by molar-refractivity contribution is 0.627. The molecule has 0 saturated heterocycles. The number of nitrogens with zero attached hydrogens (tertiary/aromatic N) is 2. The number of hydrogen-bond acceptors (Lipinski definition) is 3. The predicted octanol–water partition coefficient (Wildman–Crippen LogP) is 1.77. The summed E-state index contributed by atoms with van der Waals surface area (Å²) in [5.41, 5.74) is 1.52. The monoisotopic (exact) mass is 224 g/mol. The largest absolute Gasteiger partial charge is 0.335 e. The van der Waals surface area contributed by atoms with Gasteiger partial charge in [0.05, 0.1) is 0 Å². The molecule has 1 heterocycles. The highest BCUT2D eigenvalue weighted by molar-refractivity contribution is 7.71. The molecule has 0 aliphatic heterocycles. The molecule has 0 amide bonds. The van der Waals surface area contributed by atoms with Crippen LogP contribution in [0.4, 0.5) is 4.39 Å². The summed E-state index contributed by atoms with van der Waals surface area (Å²) >= 11 is 4.89. The van der Waals surface area contributed by atoms with E-state index in [1.165, 1.54) is 16.8 Å². The van der Waals surface area contributed by atoms with E-state index in [2.05, 4.69) is 10.2 Å². The van der Waals surface area contributed by atoms with E-state index < -0.39 is 0 Å². The molecule has 0 fully saturated rings. The van der Waals surface area contributed by atoms with Gasteiger partial charge in [0.1, 0.15) is 5.82 Å². The number of halogens is 1. The first-order chi connectivity index (χ1) is 7.09. The summed E-state index contributed by atoms with van der Waals surface area (Å²) < 4.78 is 14.5. The van der Waals surface area contributed by atoms with E-state index in [0.717, 1.165) is 11.1 Å². The van der Waals surface area contributed by atoms with Gasteiger partial charge < -0.3 is 5.84 Å². The number of benzene rings is 1. The van der Waals surface area contributed by atoms with E-state index in [0.29, 0.717) is 10.6 Å². The van der Waals surface area contributed by atoms with Crippen molar-refractivity contribution in [3.8, 4) is 11.4 Å². The van der Waals surface area contributed by atoms with Crippen molar-refractivity contribution in [3.63, 3.8) is 0 Å². The van der Waals surface area contributed by atoms with Gasteiger partial charge in [-0.3, -0.25) is 0 Å². The van der Waals surface area contributed by atoms with Crippen molar-refractivity contribution in [2.24, 2.45) is 0 Å². The molecule has 0 bridgehead atoms. The van der Waals surface area contributed by atoms with Crippen molar-refractivity contribution >= 4 is 12.2 Å². The summed E-state index contributed by atoms with van der Waals surface area (Å²) in [6.07, 6.45) is 0. The van der Waals surface area contributed by atoms with Gasteiger partial charge in [-0.25, -0.2) is 14.2 Å². The molecule has 1 aromatic carbocycles. The van der Waals surface area contributed by atoms with E-state index in [1.807, 2.05) is 0 Å². The highest BCUT2D eigenvalue weighted by Gasteiger charge is 2.09. The first-order valence-corrected chi connectivity index (χ1v) is 4.69. The lowest BCUT2D eigenvalue weighted by Crippen LogP contribution is -2.10. The smallest absolute Gasteiger partial charge is 0.214 e. The fourth-order valence-corrected chi connectivity index (χ4v) is 1.50. The maximum Gasteiger partial charge on any atom is 0.214 e. The van der Waals surface area contributed by atoms with Crippen LogP contribution < -0.4 is 5.84 Å². The lowest BCUT2D eigenvalue weighted by atomic mass is 10.1. The third-order valence-corrected chi connectivity index (χ3v) is 2.42. The van der Waals surface area contributed by atoms with Crippen molar-refractivity contribution < 1.29 is 4.39 Å². The van der Waals surface area contributed by atoms with Gasteiger partial charge in [0.2, 0.25) is 4.77 Å². The van der Waals surface area contributed by atoms with Crippen LogP contribution in [0.1, 0.15) is 5.56 Å². The molecule has 6 heteroatoms. The highest BCUT2D eigenvalue weighted by atomic mass is 32.1. The Morgan fingerprint density at radius 2 is 2.27 bits per heavy atom. The van der Waals surface area contributed by atoms with Crippen LogP contribution in [0.25, 0.3) is 11.4 Å². The van der Waals surface area contributed by atoms with Crippen LogP contribution in [0.5, 0.6) is 0 Å². The molecule has 0 atom stereocenters. The molecule has 3 N–H and O–H groups in total. The topological polar surface area (TPSA) is 59.6 Å². The van der Waals surface area contributed by atoms with Gasteiger partial charge in [0, 0.05) is 5.56 Å². The molecule has 0 aliphatic rings. The first kappa shape index (κ1) is 9.85. The predicted molar refractivity (Wildman–Crippen MR) is 57.7 cm³/mol. The van der Waals surface area contributed by atoms with Gasteiger partial charge in [-0.1, -0.05) is 0 Å². The zero-order chi connectivity index (χ0) is 11.0. The summed E-state index contributed by atoms with van der Waals surface area (Å²) in [5.74, 6) is 5.88. The second kappa shape index (κ2) is 3.47. The van der Waals surface area contributed by atoms with Crippen molar-refractivity contribution in [2.75, 3.05) is 5.84 Å². The first-order valence-electron chi connectivity index (χ1n) is 4.28. The molecule has 0 saturated carbocycles. The third-order valence-electron chi connectivity index (χ3n) is 2.13. The summed E-state index contributed by atoms with van der Waals surface area (Å²) in [5, 5.41) is 6.55. The molecule has 15 heavy (non-hydrogen) atoms. The molecular formula is C9H9FN4S. The Morgan fingerprint density at radius 1 is 1.53 bits per heavy atom. The van der Waals surface area contributed by atoms with Crippen LogP contribution in [0.15, 0.2) is 18.2 Å². The van der Waals surface area contributed by atoms with Gasteiger partial charge in [-0.15, -0.1) is 0 Å². The highest BCUT2D eigenvalue weighted by Crippen LogP contribution is 2.20. The van der Waals surface area contributed by atoms with Crippen LogP contribution >= 0.6 is 12.2 Å². The minimum atomic E-state index is -0.283. The number of rotatable bonds is 1. The number of aromatic amines is 1. The standard InChI is InChI=1S/C9H9FN4S/c1-5-4-6(10)2-3-7(5)8-12-13-9(15)14(8)11/h2-4H,11H2,1H3,(H,13,15). The number of aryl methyl sites for hydroxylation is 1. The number of nitrogen functional groups attached to an aromatic ring is 1. The van der Waals surface area contributed by atoms with E-state index in [9.17, 15) is 4.39 Å². The summed E-state index contributed by atoms with van der Waals surface area (Å²) in [7, 11) is 0. The second-order valence-corrected chi connectivity index (χ2v) is 3.57. The van der Waals surface area contributed by atoms with Crippen molar-refractivity contribution in [3.05, 3.63) is 34.4 Å². The Labute approximate surface area is 90.5 Å². The van der Waals surface area contributed by atoms with Crippen LogP contribution in [0, 0.1) is 17.5 Å². The van der Waals surface area contributed by atoms with Crippen LogP contribution in [-0.2, 0) is 0 Å². The lowest BCUT2D eigenvalue weighted by Gasteiger charge is -2.04. The molecule has 2 rings (SSSR count). The number of hydrogen-bond donors (Lipinski definition) is 2. The maximum absolute atomic E-state index is 12.9. The fraction of sp³-hybridized carbons (Fsp3) is 0.111. The normalized spacial score (nSPS) is 10.5. The summed E-state index contributed by atoms with van der Waals surface area (Å²) in [6.45, 7) is 1.79. The Kier molecular flexibility index (Phi) is 2.28. The molecule has 1 aromatic heterocycles. The minimum Gasteiger partial charge on any atom is -0.335 e. The molecule has 0 radical (unpaired) electrons. The third kappa shape index (κ3) is 1.63. The number of H-pyrrole nitrogens is 1. The second-order valence-electron chi connectivity index (χ2n) is 3.18. The Morgan fingerprint density at radius 3 is 2.80 bits per heavy atom. The summed E-state index contributed by atoms with van der Waals surface area (Å²) in [6, 6.07) is 4.41. The van der Waals surface area contributed by atoms with E-state index in [1.54, 1.807) is 13.0 Å². The zero-order valence-electron chi connectivity index (χ0n) is 7.99. The number of aromatic nitrogens is 3. The molecule has 0 unspecified atom stereocenters. The minimum absolute atomic E-state index is 0.283. The molecule has 0 spiro atoms. The average molecular weight is 224 g/mol. The van der Waals surface area contributed by atoms with Crippen molar-refractivity contribution in [1.82, 2.24) is 14.9 Å². The van der Waals surface area contributed by atoms with Crippen LogP contribution in [0.3, 0.4) is 0 Å². The van der Waals surface area contributed by atoms with Crippen LogP contribution in [0.2, 0.25) is 0 Å². The number of nitrogens with two attached hydrogens (primary N) is 1. The van der Waals surface area contributed by atoms with Gasteiger partial charge in [0.25, 0.3) is 0 Å². The quantitative estimate of drug-likeness (QED) is 0.573. The Hall–Kier alpha value is -1.69. The van der Waals surface area contributed by atoms with Crippen molar-refractivity contribution in [2.45, 2.75) is 6.92 Å². The molecular weight excluding hydrogens is 215 g/mol. The Balaban J connectivity index is 2.64. The fourth-order valence-electron chi connectivity index (χ4n) is 1.37. The molecule has 0 aliphatic carbocycles. The van der Waals surface area contributed by atoms with Crippen LogP contribution in [-0.4, -0.2) is 14.9 Å². The zero-order valence-corrected chi connectivity index (χ0v) is 8.81. The van der Waals surface area contributed by atoms with Gasteiger partial charge in [0.15, 0.2) is 5.82 Å². The molecule has 2 aromatic rings. The number of nitrogens with one attached hydrogen (secondary N) is 1. The van der Waals surface area contributed by atoms with Gasteiger partial charge >= 0.3 is 0 Å². The van der Waals surface area contributed by atoms with E-state index >= 15 is 0 Å². The van der Waals surface area contributed by atoms with E-state index in [-0.39, 0.29) is 5.82 Å². The SMILES string of the molecule is Cc1cc(F)ccc1-c1n[nH]c(=S)n1N. The molecule has 4 nitrogen and oxygen atoms in total. The molecule has 78 valence electrons. The Bertz CT molecular complexity index is 557. The summed E-state index contributed by atoms with van der Waals surface area (Å²) in [4.78, 5) is 0.